The highest BCUT2D eigenvalue weighted by atomic mass is 16.7. The summed E-state index contributed by atoms with van der Waals surface area (Å²) < 4.78 is 10.5. The van der Waals surface area contributed by atoms with E-state index in [-0.39, 0.29) is 11.4 Å². The van der Waals surface area contributed by atoms with E-state index in [4.69, 9.17) is 9.47 Å². The lowest BCUT2D eigenvalue weighted by molar-refractivity contribution is -0.387. The lowest BCUT2D eigenvalue weighted by atomic mass is 10.00. The normalized spacial score (nSPS) is 33.7. The summed E-state index contributed by atoms with van der Waals surface area (Å²) >= 11 is 0. The quantitative estimate of drug-likeness (QED) is 0.519. The van der Waals surface area contributed by atoms with E-state index in [2.05, 4.69) is 0 Å². The molecule has 20 heavy (non-hydrogen) atoms. The van der Waals surface area contributed by atoms with Gasteiger partial charge in [0.15, 0.2) is 5.75 Å². The standard InChI is InChI=1S/C12H15NO7/c1-6-9(14)10(15)11(16)12(19-6)20-8-5-3-2-4-7(8)13(17)18/h2-6,9-12,14-16H,1H3/t6-,9+,10+,11-,12-/m1/s1. The summed E-state index contributed by atoms with van der Waals surface area (Å²) in [5.74, 6) is -0.0858. The zero-order chi connectivity index (χ0) is 14.9. The Kier molecular flexibility index (Phi) is 4.19. The van der Waals surface area contributed by atoms with Crippen LogP contribution < -0.4 is 4.74 Å². The zero-order valence-corrected chi connectivity index (χ0v) is 10.6. The predicted molar refractivity (Wildman–Crippen MR) is 66.1 cm³/mol. The van der Waals surface area contributed by atoms with E-state index in [1.807, 2.05) is 0 Å². The molecule has 1 aromatic carbocycles. The Hall–Kier alpha value is -1.74. The summed E-state index contributed by atoms with van der Waals surface area (Å²) in [6.45, 7) is 1.50. The minimum absolute atomic E-state index is 0.0858. The van der Waals surface area contributed by atoms with Crippen molar-refractivity contribution < 1.29 is 29.7 Å². The summed E-state index contributed by atoms with van der Waals surface area (Å²) in [6, 6.07) is 5.62. The number of ether oxygens (including phenoxy) is 2. The third kappa shape index (κ3) is 2.73. The summed E-state index contributed by atoms with van der Waals surface area (Å²) in [5, 5.41) is 39.8. The highest BCUT2D eigenvalue weighted by molar-refractivity contribution is 5.45. The van der Waals surface area contributed by atoms with Gasteiger partial charge in [0.25, 0.3) is 0 Å². The van der Waals surface area contributed by atoms with E-state index in [1.54, 1.807) is 0 Å². The number of aliphatic hydroxyl groups excluding tert-OH is 3. The van der Waals surface area contributed by atoms with Crippen LogP contribution in [0, 0.1) is 10.1 Å². The van der Waals surface area contributed by atoms with E-state index in [1.165, 1.54) is 31.2 Å². The van der Waals surface area contributed by atoms with Gasteiger partial charge in [-0.1, -0.05) is 12.1 Å². The Morgan fingerprint density at radius 3 is 2.50 bits per heavy atom. The molecule has 1 fully saturated rings. The van der Waals surface area contributed by atoms with Crippen LogP contribution >= 0.6 is 0 Å². The fraction of sp³-hybridized carbons (Fsp3) is 0.500. The first-order valence-corrected chi connectivity index (χ1v) is 6.01. The van der Waals surface area contributed by atoms with E-state index in [0.29, 0.717) is 0 Å². The lowest BCUT2D eigenvalue weighted by Gasteiger charge is -2.38. The Bertz CT molecular complexity index is 494. The van der Waals surface area contributed by atoms with Gasteiger partial charge >= 0.3 is 5.69 Å². The summed E-state index contributed by atoms with van der Waals surface area (Å²) in [6.07, 6.45) is -6.30. The number of hydrogen-bond donors (Lipinski definition) is 3. The van der Waals surface area contributed by atoms with Gasteiger partial charge in [-0.05, 0) is 13.0 Å². The molecule has 0 spiro atoms. The van der Waals surface area contributed by atoms with E-state index in [0.717, 1.165) is 0 Å². The maximum absolute atomic E-state index is 10.9. The SMILES string of the molecule is C[C@H]1O[C@H](Oc2ccccc2[N+](=O)[O-])[C@H](O)[C@@H](O)[C@H]1O. The molecule has 0 aliphatic carbocycles. The smallest absolute Gasteiger partial charge is 0.311 e. The third-order valence-electron chi connectivity index (χ3n) is 3.11. The molecule has 1 aromatic rings. The fourth-order valence-electron chi connectivity index (χ4n) is 1.94. The van der Waals surface area contributed by atoms with Crippen LogP contribution in [0.15, 0.2) is 24.3 Å². The number of rotatable bonds is 3. The largest absolute Gasteiger partial charge is 0.455 e. The lowest BCUT2D eigenvalue weighted by Crippen LogP contribution is -2.58. The van der Waals surface area contributed by atoms with Crippen LogP contribution in [0.5, 0.6) is 5.75 Å². The van der Waals surface area contributed by atoms with Crippen LogP contribution in [-0.2, 0) is 4.74 Å². The van der Waals surface area contributed by atoms with Crippen molar-refractivity contribution in [1.82, 2.24) is 0 Å². The van der Waals surface area contributed by atoms with Crippen LogP contribution in [0.3, 0.4) is 0 Å². The highest BCUT2D eigenvalue weighted by Crippen LogP contribution is 2.30. The van der Waals surface area contributed by atoms with Crippen molar-refractivity contribution in [2.24, 2.45) is 0 Å². The number of aliphatic hydroxyl groups is 3. The minimum atomic E-state index is -1.51. The van der Waals surface area contributed by atoms with Gasteiger partial charge in [-0.3, -0.25) is 10.1 Å². The number of nitro groups is 1. The van der Waals surface area contributed by atoms with Crippen molar-refractivity contribution in [2.75, 3.05) is 0 Å². The predicted octanol–water partition coefficient (Wildman–Crippen LogP) is -0.199. The van der Waals surface area contributed by atoms with Crippen molar-refractivity contribution >= 4 is 5.69 Å². The van der Waals surface area contributed by atoms with Gasteiger partial charge in [0.2, 0.25) is 6.29 Å². The first-order chi connectivity index (χ1) is 9.41. The molecule has 3 N–H and O–H groups in total. The van der Waals surface area contributed by atoms with E-state index < -0.39 is 35.6 Å². The number of para-hydroxylation sites is 2. The Morgan fingerprint density at radius 2 is 1.85 bits per heavy atom. The molecule has 0 aromatic heterocycles. The minimum Gasteiger partial charge on any atom is -0.455 e. The van der Waals surface area contributed by atoms with Crippen LogP contribution in [-0.4, -0.2) is 50.9 Å². The summed E-state index contributed by atoms with van der Waals surface area (Å²) in [5.41, 5.74) is -0.281. The van der Waals surface area contributed by atoms with Crippen molar-refractivity contribution in [3.05, 3.63) is 34.4 Å². The maximum atomic E-state index is 10.9. The molecule has 1 saturated heterocycles. The Morgan fingerprint density at radius 1 is 1.20 bits per heavy atom. The van der Waals surface area contributed by atoms with Gasteiger partial charge in [0.05, 0.1) is 11.0 Å². The fourth-order valence-corrected chi connectivity index (χ4v) is 1.94. The Labute approximate surface area is 114 Å². The molecular weight excluding hydrogens is 270 g/mol. The first kappa shape index (κ1) is 14.7. The molecule has 0 unspecified atom stereocenters. The molecule has 1 aliphatic heterocycles. The van der Waals surface area contributed by atoms with Gasteiger partial charge in [-0.25, -0.2) is 0 Å². The molecule has 1 aliphatic rings. The number of nitro benzene ring substituents is 1. The second-order valence-electron chi connectivity index (χ2n) is 4.52. The molecule has 0 radical (unpaired) electrons. The van der Waals surface area contributed by atoms with Crippen LogP contribution in [0.4, 0.5) is 5.69 Å². The molecule has 8 heteroatoms. The average molecular weight is 285 g/mol. The maximum Gasteiger partial charge on any atom is 0.311 e. The first-order valence-electron chi connectivity index (χ1n) is 6.01. The van der Waals surface area contributed by atoms with Crippen molar-refractivity contribution in [2.45, 2.75) is 37.6 Å². The topological polar surface area (TPSA) is 122 Å². The molecule has 0 amide bonds. The van der Waals surface area contributed by atoms with Crippen LogP contribution in [0.2, 0.25) is 0 Å². The van der Waals surface area contributed by atoms with Crippen LogP contribution in [0.1, 0.15) is 6.92 Å². The number of hydrogen-bond acceptors (Lipinski definition) is 7. The van der Waals surface area contributed by atoms with Gasteiger partial charge in [0.1, 0.15) is 18.3 Å². The van der Waals surface area contributed by atoms with Crippen LogP contribution in [0.25, 0.3) is 0 Å². The molecule has 1 heterocycles. The zero-order valence-electron chi connectivity index (χ0n) is 10.6. The van der Waals surface area contributed by atoms with Gasteiger partial charge in [-0.15, -0.1) is 0 Å². The van der Waals surface area contributed by atoms with E-state index in [9.17, 15) is 25.4 Å². The Balaban J connectivity index is 2.20. The van der Waals surface area contributed by atoms with Gasteiger partial charge in [0, 0.05) is 6.07 Å². The molecule has 2 rings (SSSR count). The number of nitrogens with zero attached hydrogens (tertiary/aromatic N) is 1. The van der Waals surface area contributed by atoms with Crippen molar-refractivity contribution in [1.29, 1.82) is 0 Å². The van der Waals surface area contributed by atoms with Gasteiger partial charge < -0.3 is 24.8 Å². The second-order valence-corrected chi connectivity index (χ2v) is 4.52. The number of benzene rings is 1. The van der Waals surface area contributed by atoms with Crippen molar-refractivity contribution in [3.63, 3.8) is 0 Å². The van der Waals surface area contributed by atoms with E-state index >= 15 is 0 Å². The monoisotopic (exact) mass is 285 g/mol. The third-order valence-corrected chi connectivity index (χ3v) is 3.11. The molecule has 0 saturated carbocycles. The molecule has 0 bridgehead atoms. The van der Waals surface area contributed by atoms with Crippen molar-refractivity contribution in [3.8, 4) is 5.75 Å². The molecule has 5 atom stereocenters. The molecule has 8 nitrogen and oxygen atoms in total. The summed E-state index contributed by atoms with van der Waals surface area (Å²) in [7, 11) is 0. The molecule has 110 valence electrons. The van der Waals surface area contributed by atoms with Gasteiger partial charge in [-0.2, -0.15) is 0 Å². The highest BCUT2D eigenvalue weighted by Gasteiger charge is 2.43. The average Bonchev–Trinajstić information content (AvgIpc) is 2.43. The molecular formula is C12H15NO7. The second kappa shape index (κ2) is 5.71. The summed E-state index contributed by atoms with van der Waals surface area (Å²) in [4.78, 5) is 10.2.